The average molecular weight is 218 g/mol. The predicted octanol–water partition coefficient (Wildman–Crippen LogP) is 4.94. The van der Waals surface area contributed by atoms with Crippen LogP contribution in [0.1, 0.15) is 11.1 Å². The SMILES string of the molecule is C=Cc1cc2cc3ccccc3cc2cc1C. The molecule has 0 saturated carbocycles. The summed E-state index contributed by atoms with van der Waals surface area (Å²) in [5.41, 5.74) is 2.50. The molecule has 0 unspecified atom stereocenters. The van der Waals surface area contributed by atoms with Gasteiger partial charge in [0.2, 0.25) is 0 Å². The summed E-state index contributed by atoms with van der Waals surface area (Å²) in [4.78, 5) is 0. The number of rotatable bonds is 1. The number of hydrogen-bond acceptors (Lipinski definition) is 0. The van der Waals surface area contributed by atoms with Crippen molar-refractivity contribution in [2.45, 2.75) is 6.92 Å². The van der Waals surface area contributed by atoms with Gasteiger partial charge in [0.25, 0.3) is 0 Å². The molecule has 0 aliphatic heterocycles. The minimum atomic E-state index is 1.22. The maximum atomic E-state index is 3.86. The Labute approximate surface area is 101 Å². The van der Waals surface area contributed by atoms with E-state index in [1.807, 2.05) is 6.08 Å². The Hall–Kier alpha value is -2.08. The second kappa shape index (κ2) is 3.74. The first-order chi connectivity index (χ1) is 8.28. The van der Waals surface area contributed by atoms with E-state index < -0.39 is 0 Å². The van der Waals surface area contributed by atoms with Crippen LogP contribution in [0, 0.1) is 6.92 Å². The highest BCUT2D eigenvalue weighted by Crippen LogP contribution is 2.25. The molecule has 0 aliphatic rings. The van der Waals surface area contributed by atoms with E-state index >= 15 is 0 Å². The Bertz CT molecular complexity index is 721. The Morgan fingerprint density at radius 3 is 2.00 bits per heavy atom. The van der Waals surface area contributed by atoms with Crippen molar-refractivity contribution in [3.63, 3.8) is 0 Å². The molecule has 0 heterocycles. The van der Waals surface area contributed by atoms with Gasteiger partial charge in [0, 0.05) is 0 Å². The van der Waals surface area contributed by atoms with Crippen molar-refractivity contribution >= 4 is 27.6 Å². The van der Waals surface area contributed by atoms with Gasteiger partial charge in [-0.3, -0.25) is 0 Å². The molecule has 0 radical (unpaired) electrons. The van der Waals surface area contributed by atoms with Crippen LogP contribution in [0.25, 0.3) is 27.6 Å². The summed E-state index contributed by atoms with van der Waals surface area (Å²) >= 11 is 0. The smallest absolute Gasteiger partial charge is 0.0171 e. The molecule has 82 valence electrons. The van der Waals surface area contributed by atoms with Crippen molar-refractivity contribution in [2.24, 2.45) is 0 Å². The summed E-state index contributed by atoms with van der Waals surface area (Å²) in [7, 11) is 0. The molecular weight excluding hydrogens is 204 g/mol. The normalized spacial score (nSPS) is 10.9. The highest BCUT2D eigenvalue weighted by molar-refractivity contribution is 5.99. The molecule has 0 fully saturated rings. The molecule has 3 rings (SSSR count). The largest absolute Gasteiger partial charge is 0.0985 e. The first kappa shape index (κ1) is 10.1. The predicted molar refractivity (Wildman–Crippen MR) is 76.3 cm³/mol. The third-order valence-corrected chi connectivity index (χ3v) is 3.31. The van der Waals surface area contributed by atoms with Gasteiger partial charge in [0.05, 0.1) is 0 Å². The van der Waals surface area contributed by atoms with E-state index in [4.69, 9.17) is 0 Å². The Morgan fingerprint density at radius 2 is 1.41 bits per heavy atom. The zero-order chi connectivity index (χ0) is 11.8. The van der Waals surface area contributed by atoms with Crippen LogP contribution in [-0.2, 0) is 0 Å². The fraction of sp³-hybridized carbons (Fsp3) is 0.0588. The maximum absolute atomic E-state index is 3.86. The average Bonchev–Trinajstić information content (AvgIpc) is 2.35. The minimum Gasteiger partial charge on any atom is -0.0985 e. The van der Waals surface area contributed by atoms with Crippen LogP contribution in [0.3, 0.4) is 0 Å². The molecule has 0 N–H and O–H groups in total. The standard InChI is InChI=1S/C17H14/c1-3-13-9-17-11-15-7-5-4-6-14(15)10-16(17)8-12(13)2/h3-11H,1H2,2H3. The number of benzene rings is 3. The van der Waals surface area contributed by atoms with Crippen LogP contribution in [0.5, 0.6) is 0 Å². The lowest BCUT2D eigenvalue weighted by Gasteiger charge is -2.06. The lowest BCUT2D eigenvalue weighted by Crippen LogP contribution is -1.83. The second-order valence-electron chi connectivity index (χ2n) is 4.46. The van der Waals surface area contributed by atoms with Crippen molar-refractivity contribution < 1.29 is 0 Å². The summed E-state index contributed by atoms with van der Waals surface area (Å²) in [6.07, 6.45) is 1.92. The molecule has 17 heavy (non-hydrogen) atoms. The van der Waals surface area contributed by atoms with Gasteiger partial charge < -0.3 is 0 Å². The molecule has 0 spiro atoms. The molecule has 3 aromatic carbocycles. The summed E-state index contributed by atoms with van der Waals surface area (Å²) in [6, 6.07) is 17.4. The van der Waals surface area contributed by atoms with Crippen molar-refractivity contribution in [3.8, 4) is 0 Å². The van der Waals surface area contributed by atoms with E-state index in [1.54, 1.807) is 0 Å². The zero-order valence-electron chi connectivity index (χ0n) is 9.90. The number of fused-ring (bicyclic) bond motifs is 2. The van der Waals surface area contributed by atoms with Gasteiger partial charge in [-0.15, -0.1) is 0 Å². The molecular formula is C17H14. The summed E-state index contributed by atoms with van der Waals surface area (Å²) < 4.78 is 0. The molecule has 0 saturated heterocycles. The Balaban J connectivity index is 2.43. The zero-order valence-corrected chi connectivity index (χ0v) is 9.90. The number of hydrogen-bond donors (Lipinski definition) is 0. The van der Waals surface area contributed by atoms with E-state index in [1.165, 1.54) is 32.7 Å². The van der Waals surface area contributed by atoms with Crippen molar-refractivity contribution in [2.75, 3.05) is 0 Å². The quantitative estimate of drug-likeness (QED) is 0.507. The van der Waals surface area contributed by atoms with Gasteiger partial charge >= 0.3 is 0 Å². The lowest BCUT2D eigenvalue weighted by molar-refractivity contribution is 1.48. The van der Waals surface area contributed by atoms with Crippen LogP contribution in [0.2, 0.25) is 0 Å². The van der Waals surface area contributed by atoms with Gasteiger partial charge in [-0.05, 0) is 57.8 Å². The van der Waals surface area contributed by atoms with E-state index in [2.05, 4.69) is 62.0 Å². The highest BCUT2D eigenvalue weighted by Gasteiger charge is 2.01. The fourth-order valence-electron chi connectivity index (χ4n) is 2.34. The van der Waals surface area contributed by atoms with Crippen molar-refractivity contribution in [1.82, 2.24) is 0 Å². The first-order valence-corrected chi connectivity index (χ1v) is 5.83. The van der Waals surface area contributed by atoms with E-state index in [9.17, 15) is 0 Å². The van der Waals surface area contributed by atoms with Crippen LogP contribution >= 0.6 is 0 Å². The van der Waals surface area contributed by atoms with Gasteiger partial charge in [0.15, 0.2) is 0 Å². The van der Waals surface area contributed by atoms with Crippen LogP contribution in [-0.4, -0.2) is 0 Å². The van der Waals surface area contributed by atoms with Crippen molar-refractivity contribution in [3.05, 3.63) is 66.2 Å². The molecule has 0 heteroatoms. The van der Waals surface area contributed by atoms with E-state index in [0.29, 0.717) is 0 Å². The van der Waals surface area contributed by atoms with Crippen LogP contribution in [0.15, 0.2) is 55.1 Å². The summed E-state index contributed by atoms with van der Waals surface area (Å²) in [5.74, 6) is 0. The maximum Gasteiger partial charge on any atom is -0.0171 e. The minimum absolute atomic E-state index is 1.22. The van der Waals surface area contributed by atoms with Crippen molar-refractivity contribution in [1.29, 1.82) is 0 Å². The molecule has 0 aliphatic carbocycles. The molecule has 0 nitrogen and oxygen atoms in total. The fourth-order valence-corrected chi connectivity index (χ4v) is 2.34. The molecule has 0 bridgehead atoms. The third-order valence-electron chi connectivity index (χ3n) is 3.31. The van der Waals surface area contributed by atoms with E-state index in [0.717, 1.165) is 0 Å². The van der Waals surface area contributed by atoms with Gasteiger partial charge in [-0.1, -0.05) is 43.0 Å². The number of aryl methyl sites for hydroxylation is 1. The Morgan fingerprint density at radius 1 is 0.824 bits per heavy atom. The van der Waals surface area contributed by atoms with Crippen LogP contribution in [0.4, 0.5) is 0 Å². The third kappa shape index (κ3) is 1.62. The Kier molecular flexibility index (Phi) is 2.22. The summed E-state index contributed by atoms with van der Waals surface area (Å²) in [6.45, 7) is 5.99. The van der Waals surface area contributed by atoms with Gasteiger partial charge in [-0.2, -0.15) is 0 Å². The monoisotopic (exact) mass is 218 g/mol. The first-order valence-electron chi connectivity index (χ1n) is 5.83. The van der Waals surface area contributed by atoms with Gasteiger partial charge in [-0.25, -0.2) is 0 Å². The van der Waals surface area contributed by atoms with E-state index in [-0.39, 0.29) is 0 Å². The van der Waals surface area contributed by atoms with Gasteiger partial charge in [0.1, 0.15) is 0 Å². The molecule has 0 aromatic heterocycles. The highest BCUT2D eigenvalue weighted by atomic mass is 14.1. The summed E-state index contributed by atoms with van der Waals surface area (Å²) in [5, 5.41) is 5.17. The lowest BCUT2D eigenvalue weighted by atomic mass is 9.98. The molecule has 0 amide bonds. The molecule has 0 atom stereocenters. The topological polar surface area (TPSA) is 0 Å². The second-order valence-corrected chi connectivity index (χ2v) is 4.46. The molecule has 3 aromatic rings. The van der Waals surface area contributed by atoms with Crippen LogP contribution < -0.4 is 0 Å².